The van der Waals surface area contributed by atoms with Gasteiger partial charge in [0.15, 0.2) is 5.65 Å². The van der Waals surface area contributed by atoms with Crippen LogP contribution < -0.4 is 10.6 Å². The summed E-state index contributed by atoms with van der Waals surface area (Å²) < 4.78 is 2.19. The van der Waals surface area contributed by atoms with Gasteiger partial charge in [-0.2, -0.15) is 0 Å². The van der Waals surface area contributed by atoms with Crippen molar-refractivity contribution in [2.24, 2.45) is 5.73 Å². The number of nitrogens with zero attached hydrogens (tertiary/aromatic N) is 4. The number of anilines is 1. The molecule has 1 aliphatic carbocycles. The number of piperazine rings is 1. The summed E-state index contributed by atoms with van der Waals surface area (Å²) in [6.45, 7) is 8.34. The van der Waals surface area contributed by atoms with Gasteiger partial charge in [0.1, 0.15) is 0 Å². The van der Waals surface area contributed by atoms with Crippen molar-refractivity contribution in [3.63, 3.8) is 0 Å². The van der Waals surface area contributed by atoms with Crippen LogP contribution in [0.5, 0.6) is 0 Å². The highest BCUT2D eigenvalue weighted by Crippen LogP contribution is 2.41. The Kier molecular flexibility index (Phi) is 3.54. The van der Waals surface area contributed by atoms with Crippen molar-refractivity contribution >= 4 is 11.3 Å². The van der Waals surface area contributed by atoms with Crippen LogP contribution in [0.2, 0.25) is 0 Å². The van der Waals surface area contributed by atoms with E-state index in [0.29, 0.717) is 6.54 Å². The zero-order valence-electron chi connectivity index (χ0n) is 13.3. The number of hydrogen-bond donors (Lipinski definition) is 1. The molecule has 0 unspecified atom stereocenters. The van der Waals surface area contributed by atoms with Crippen LogP contribution in [0.3, 0.4) is 0 Å². The van der Waals surface area contributed by atoms with E-state index in [0.717, 1.165) is 50.0 Å². The fourth-order valence-corrected chi connectivity index (χ4v) is 3.43. The van der Waals surface area contributed by atoms with E-state index in [4.69, 9.17) is 10.7 Å². The molecule has 0 aromatic carbocycles. The molecule has 0 atom stereocenters. The van der Waals surface area contributed by atoms with E-state index in [1.807, 2.05) is 0 Å². The van der Waals surface area contributed by atoms with Gasteiger partial charge >= 0.3 is 0 Å². The maximum atomic E-state index is 5.79. The van der Waals surface area contributed by atoms with Crippen LogP contribution in [0.1, 0.15) is 36.9 Å². The fourth-order valence-electron chi connectivity index (χ4n) is 3.43. The van der Waals surface area contributed by atoms with E-state index < -0.39 is 0 Å². The molecule has 0 radical (unpaired) electrons. The average Bonchev–Trinajstić information content (AvgIpc) is 3.33. The molecule has 2 fully saturated rings. The number of rotatable bonds is 4. The Morgan fingerprint density at radius 2 is 1.95 bits per heavy atom. The van der Waals surface area contributed by atoms with Gasteiger partial charge in [-0.3, -0.25) is 0 Å². The maximum absolute atomic E-state index is 5.79. The Morgan fingerprint density at radius 3 is 2.59 bits per heavy atom. The molecule has 1 saturated heterocycles. The first-order valence-corrected chi connectivity index (χ1v) is 8.47. The minimum Gasteiger partial charge on any atom is -0.366 e. The van der Waals surface area contributed by atoms with Crippen LogP contribution in [0.25, 0.3) is 5.65 Å². The maximum Gasteiger partial charge on any atom is 0.160 e. The van der Waals surface area contributed by atoms with Crippen LogP contribution in [-0.2, 0) is 6.54 Å². The van der Waals surface area contributed by atoms with Crippen LogP contribution in [0.15, 0.2) is 18.5 Å². The molecule has 0 spiro atoms. The van der Waals surface area contributed by atoms with Crippen molar-refractivity contribution in [3.8, 4) is 0 Å². The van der Waals surface area contributed by atoms with Gasteiger partial charge < -0.3 is 19.9 Å². The van der Waals surface area contributed by atoms with Crippen molar-refractivity contribution in [1.82, 2.24) is 14.3 Å². The molecule has 1 saturated carbocycles. The first-order chi connectivity index (χ1) is 10.8. The normalized spacial score (nSPS) is 20.0. The van der Waals surface area contributed by atoms with E-state index in [2.05, 4.69) is 39.6 Å². The van der Waals surface area contributed by atoms with Gasteiger partial charge in [-0.05, 0) is 36.9 Å². The number of aromatic nitrogens is 2. The predicted octanol–water partition coefficient (Wildman–Crippen LogP) is 1.81. The van der Waals surface area contributed by atoms with Crippen LogP contribution >= 0.6 is 0 Å². The minimum absolute atomic E-state index is 0.503. The van der Waals surface area contributed by atoms with Gasteiger partial charge in [-0.1, -0.05) is 6.92 Å². The Hall–Kier alpha value is -1.59. The summed E-state index contributed by atoms with van der Waals surface area (Å²) in [7, 11) is 0. The lowest BCUT2D eigenvalue weighted by atomic mass is 10.1. The Morgan fingerprint density at radius 1 is 1.18 bits per heavy atom. The van der Waals surface area contributed by atoms with Crippen LogP contribution in [0, 0.1) is 0 Å². The molecule has 2 aromatic rings. The second kappa shape index (κ2) is 5.56. The second-order valence-corrected chi connectivity index (χ2v) is 6.52. The lowest BCUT2D eigenvalue weighted by Crippen LogP contribution is -2.46. The monoisotopic (exact) mass is 299 g/mol. The van der Waals surface area contributed by atoms with Gasteiger partial charge in [-0.15, -0.1) is 0 Å². The molecule has 0 bridgehead atoms. The first kappa shape index (κ1) is 14.0. The van der Waals surface area contributed by atoms with Gasteiger partial charge in [0.2, 0.25) is 0 Å². The van der Waals surface area contributed by atoms with Gasteiger partial charge in [0.05, 0.1) is 11.4 Å². The third-order valence-corrected chi connectivity index (χ3v) is 5.02. The van der Waals surface area contributed by atoms with Crippen molar-refractivity contribution in [2.75, 3.05) is 37.6 Å². The van der Waals surface area contributed by atoms with Gasteiger partial charge in [0, 0.05) is 45.1 Å². The third kappa shape index (κ3) is 2.48. The van der Waals surface area contributed by atoms with Gasteiger partial charge in [-0.25, -0.2) is 4.98 Å². The molecule has 3 heterocycles. The SMILES string of the molecule is CCN1CCN(c2cc(C3CC3)cn3cc(CN)nc23)CC1. The van der Waals surface area contributed by atoms with E-state index in [1.165, 1.54) is 24.1 Å². The van der Waals surface area contributed by atoms with E-state index in [-0.39, 0.29) is 0 Å². The number of fused-ring (bicyclic) bond motifs is 1. The van der Waals surface area contributed by atoms with Crippen molar-refractivity contribution < 1.29 is 0 Å². The molecule has 4 rings (SSSR count). The minimum atomic E-state index is 0.503. The lowest BCUT2D eigenvalue weighted by Gasteiger charge is -2.35. The van der Waals surface area contributed by atoms with Gasteiger partial charge in [0.25, 0.3) is 0 Å². The molecular formula is C17H25N5. The molecule has 0 amide bonds. The summed E-state index contributed by atoms with van der Waals surface area (Å²) in [5.41, 5.74) is 10.6. The van der Waals surface area contributed by atoms with Crippen molar-refractivity contribution in [3.05, 3.63) is 29.7 Å². The fraction of sp³-hybridized carbons (Fsp3) is 0.588. The molecule has 5 nitrogen and oxygen atoms in total. The molecule has 22 heavy (non-hydrogen) atoms. The molecule has 2 aliphatic rings. The zero-order chi connectivity index (χ0) is 15.1. The van der Waals surface area contributed by atoms with E-state index in [1.54, 1.807) is 0 Å². The summed E-state index contributed by atoms with van der Waals surface area (Å²) in [6.07, 6.45) is 7.00. The third-order valence-electron chi connectivity index (χ3n) is 5.02. The summed E-state index contributed by atoms with van der Waals surface area (Å²) >= 11 is 0. The number of hydrogen-bond acceptors (Lipinski definition) is 4. The number of nitrogens with two attached hydrogens (primary N) is 1. The summed E-state index contributed by atoms with van der Waals surface area (Å²) in [5, 5.41) is 0. The summed E-state index contributed by atoms with van der Waals surface area (Å²) in [4.78, 5) is 9.76. The average molecular weight is 299 g/mol. The zero-order valence-corrected chi connectivity index (χ0v) is 13.3. The molecular weight excluding hydrogens is 274 g/mol. The lowest BCUT2D eigenvalue weighted by molar-refractivity contribution is 0.271. The number of imidazole rings is 1. The standard InChI is InChI=1S/C17H25N5/c1-2-20-5-7-21(8-6-20)16-9-14(13-3-4-13)11-22-12-15(10-18)19-17(16)22/h9,11-13H,2-8,10,18H2,1H3. The first-order valence-electron chi connectivity index (χ1n) is 8.47. The predicted molar refractivity (Wildman–Crippen MR) is 89.4 cm³/mol. The Bertz CT molecular complexity index is 665. The van der Waals surface area contributed by atoms with Crippen molar-refractivity contribution in [2.45, 2.75) is 32.2 Å². The Balaban J connectivity index is 1.72. The van der Waals surface area contributed by atoms with E-state index in [9.17, 15) is 0 Å². The summed E-state index contributed by atoms with van der Waals surface area (Å²) in [5.74, 6) is 0.754. The smallest absolute Gasteiger partial charge is 0.160 e. The topological polar surface area (TPSA) is 49.8 Å². The van der Waals surface area contributed by atoms with E-state index >= 15 is 0 Å². The van der Waals surface area contributed by atoms with Crippen LogP contribution in [0.4, 0.5) is 5.69 Å². The summed E-state index contributed by atoms with van der Waals surface area (Å²) in [6, 6.07) is 2.38. The highest BCUT2D eigenvalue weighted by Gasteiger charge is 2.27. The number of pyridine rings is 1. The highest BCUT2D eigenvalue weighted by atomic mass is 15.3. The van der Waals surface area contributed by atoms with Crippen molar-refractivity contribution in [1.29, 1.82) is 0 Å². The number of likely N-dealkylation sites (N-methyl/N-ethyl adjacent to an activating group) is 1. The quantitative estimate of drug-likeness (QED) is 0.935. The molecule has 5 heteroatoms. The molecule has 1 aliphatic heterocycles. The molecule has 118 valence electrons. The second-order valence-electron chi connectivity index (χ2n) is 6.52. The largest absolute Gasteiger partial charge is 0.366 e. The highest BCUT2D eigenvalue weighted by molar-refractivity contribution is 5.71. The molecule has 2 aromatic heterocycles. The Labute approximate surface area is 131 Å². The van der Waals surface area contributed by atoms with Crippen LogP contribution in [-0.4, -0.2) is 47.0 Å². The molecule has 2 N–H and O–H groups in total.